The molecule has 1 aromatic carbocycles. The average molecular weight is 262 g/mol. The number of thiazole rings is 1. The summed E-state index contributed by atoms with van der Waals surface area (Å²) >= 11 is 1.68. The molecule has 4 heteroatoms. The summed E-state index contributed by atoms with van der Waals surface area (Å²) in [7, 11) is 1.67. The molecule has 0 bridgehead atoms. The Morgan fingerprint density at radius 1 is 1.33 bits per heavy atom. The van der Waals surface area contributed by atoms with Gasteiger partial charge in [-0.05, 0) is 37.6 Å². The van der Waals surface area contributed by atoms with Gasteiger partial charge in [-0.15, -0.1) is 11.3 Å². The smallest absolute Gasteiger partial charge is 0.118 e. The van der Waals surface area contributed by atoms with E-state index in [1.165, 1.54) is 4.88 Å². The molecule has 1 heterocycles. The maximum atomic E-state index is 6.03. The van der Waals surface area contributed by atoms with E-state index in [4.69, 9.17) is 10.5 Å². The van der Waals surface area contributed by atoms with Crippen molar-refractivity contribution in [3.63, 3.8) is 0 Å². The number of methoxy groups -OCH3 is 1. The molecule has 0 aliphatic heterocycles. The lowest BCUT2D eigenvalue weighted by atomic mass is 10.1. The van der Waals surface area contributed by atoms with E-state index in [1.54, 1.807) is 18.4 Å². The minimum absolute atomic E-state index is 0.0423. The molecule has 2 aromatic rings. The van der Waals surface area contributed by atoms with E-state index in [1.807, 2.05) is 24.3 Å². The van der Waals surface area contributed by atoms with Gasteiger partial charge in [0.1, 0.15) is 10.8 Å². The van der Waals surface area contributed by atoms with Crippen molar-refractivity contribution in [2.75, 3.05) is 7.11 Å². The Bertz CT molecular complexity index is 519. The molecule has 0 spiro atoms. The van der Waals surface area contributed by atoms with E-state index in [0.29, 0.717) is 0 Å². The van der Waals surface area contributed by atoms with E-state index >= 15 is 0 Å². The number of ether oxygens (including phenoxy) is 1. The van der Waals surface area contributed by atoms with Crippen LogP contribution in [0.4, 0.5) is 0 Å². The van der Waals surface area contributed by atoms with Crippen molar-refractivity contribution in [3.05, 3.63) is 34.2 Å². The largest absolute Gasteiger partial charge is 0.497 e. The summed E-state index contributed by atoms with van der Waals surface area (Å²) < 4.78 is 5.16. The summed E-state index contributed by atoms with van der Waals surface area (Å²) in [6, 6.07) is 8.01. The van der Waals surface area contributed by atoms with Crippen molar-refractivity contribution in [2.24, 2.45) is 5.73 Å². The molecular formula is C14H18N2OS. The van der Waals surface area contributed by atoms with Gasteiger partial charge < -0.3 is 10.5 Å². The third kappa shape index (κ3) is 2.54. The maximum Gasteiger partial charge on any atom is 0.118 e. The van der Waals surface area contributed by atoms with Gasteiger partial charge in [-0.2, -0.15) is 0 Å². The first-order valence-electron chi connectivity index (χ1n) is 6.03. The third-order valence-corrected chi connectivity index (χ3v) is 4.04. The number of nitrogens with zero attached hydrogens (tertiary/aromatic N) is 1. The zero-order valence-electron chi connectivity index (χ0n) is 10.9. The first kappa shape index (κ1) is 13.1. The second kappa shape index (κ2) is 5.50. The number of aryl methyl sites for hydroxylation is 1. The van der Waals surface area contributed by atoms with Gasteiger partial charge in [0.05, 0.1) is 18.8 Å². The minimum atomic E-state index is 0.0423. The lowest BCUT2D eigenvalue weighted by Gasteiger charge is -2.03. The molecule has 1 aromatic heterocycles. The van der Waals surface area contributed by atoms with Crippen LogP contribution in [0.1, 0.15) is 29.3 Å². The second-order valence-electron chi connectivity index (χ2n) is 4.20. The fourth-order valence-electron chi connectivity index (χ4n) is 1.77. The van der Waals surface area contributed by atoms with Crippen molar-refractivity contribution < 1.29 is 4.74 Å². The summed E-state index contributed by atoms with van der Waals surface area (Å²) in [6.07, 6.45) is 0.912. The average Bonchev–Trinajstić information content (AvgIpc) is 2.80. The van der Waals surface area contributed by atoms with Crippen LogP contribution in [0.15, 0.2) is 24.3 Å². The fourth-order valence-corrected chi connectivity index (χ4v) is 2.80. The number of hydrogen-bond acceptors (Lipinski definition) is 4. The van der Waals surface area contributed by atoms with Gasteiger partial charge >= 0.3 is 0 Å². The third-order valence-electron chi connectivity index (χ3n) is 2.93. The standard InChI is InChI=1S/C14H18N2OS/c1-4-12(15)14-16-13(9(2)18-14)10-5-7-11(17-3)8-6-10/h5-8,12H,4,15H2,1-3H3. The second-order valence-corrected chi connectivity index (χ2v) is 5.43. The van der Waals surface area contributed by atoms with Gasteiger partial charge in [-0.25, -0.2) is 4.98 Å². The van der Waals surface area contributed by atoms with Crippen molar-refractivity contribution in [3.8, 4) is 17.0 Å². The van der Waals surface area contributed by atoms with Gasteiger partial charge in [-0.3, -0.25) is 0 Å². The monoisotopic (exact) mass is 262 g/mol. The first-order valence-corrected chi connectivity index (χ1v) is 6.84. The van der Waals surface area contributed by atoms with Crippen LogP contribution in [-0.4, -0.2) is 12.1 Å². The SMILES string of the molecule is CCC(N)c1nc(-c2ccc(OC)cc2)c(C)s1. The minimum Gasteiger partial charge on any atom is -0.497 e. The van der Waals surface area contributed by atoms with Crippen molar-refractivity contribution in [1.82, 2.24) is 4.98 Å². The predicted octanol–water partition coefficient (Wildman–Crippen LogP) is 3.54. The number of benzene rings is 1. The highest BCUT2D eigenvalue weighted by molar-refractivity contribution is 7.12. The van der Waals surface area contributed by atoms with Crippen LogP contribution in [0.2, 0.25) is 0 Å². The van der Waals surface area contributed by atoms with E-state index in [2.05, 4.69) is 18.8 Å². The van der Waals surface area contributed by atoms with Crippen LogP contribution in [-0.2, 0) is 0 Å². The van der Waals surface area contributed by atoms with E-state index in [-0.39, 0.29) is 6.04 Å². The van der Waals surface area contributed by atoms with Crippen molar-refractivity contribution >= 4 is 11.3 Å². The highest BCUT2D eigenvalue weighted by Gasteiger charge is 2.13. The molecule has 0 radical (unpaired) electrons. The van der Waals surface area contributed by atoms with E-state index in [0.717, 1.165) is 28.4 Å². The van der Waals surface area contributed by atoms with Crippen molar-refractivity contribution in [2.45, 2.75) is 26.3 Å². The number of rotatable bonds is 4. The van der Waals surface area contributed by atoms with E-state index in [9.17, 15) is 0 Å². The van der Waals surface area contributed by atoms with Crippen LogP contribution in [0.5, 0.6) is 5.75 Å². The predicted molar refractivity (Wildman–Crippen MR) is 76.1 cm³/mol. The molecule has 2 N–H and O–H groups in total. The highest BCUT2D eigenvalue weighted by atomic mass is 32.1. The van der Waals surface area contributed by atoms with Gasteiger partial charge in [0.2, 0.25) is 0 Å². The molecule has 3 nitrogen and oxygen atoms in total. The fraction of sp³-hybridized carbons (Fsp3) is 0.357. The highest BCUT2D eigenvalue weighted by Crippen LogP contribution is 2.31. The Morgan fingerprint density at radius 3 is 2.56 bits per heavy atom. The molecule has 0 amide bonds. The normalized spacial score (nSPS) is 12.4. The summed E-state index contributed by atoms with van der Waals surface area (Å²) in [5.74, 6) is 0.858. The van der Waals surface area contributed by atoms with Gasteiger partial charge in [0.15, 0.2) is 0 Å². The first-order chi connectivity index (χ1) is 8.65. The Balaban J connectivity index is 2.34. The molecule has 1 atom stereocenters. The molecule has 18 heavy (non-hydrogen) atoms. The zero-order chi connectivity index (χ0) is 13.1. The van der Waals surface area contributed by atoms with Gasteiger partial charge in [-0.1, -0.05) is 6.92 Å². The van der Waals surface area contributed by atoms with Crippen LogP contribution in [0.3, 0.4) is 0 Å². The number of nitrogens with two attached hydrogens (primary N) is 1. The summed E-state index contributed by atoms with van der Waals surface area (Å²) in [5.41, 5.74) is 8.17. The summed E-state index contributed by atoms with van der Waals surface area (Å²) in [6.45, 7) is 4.16. The lowest BCUT2D eigenvalue weighted by molar-refractivity contribution is 0.415. The molecule has 96 valence electrons. The molecule has 0 fully saturated rings. The number of hydrogen-bond donors (Lipinski definition) is 1. The van der Waals surface area contributed by atoms with Gasteiger partial charge in [0, 0.05) is 10.4 Å². The Kier molecular flexibility index (Phi) is 3.99. The molecule has 1 unspecified atom stereocenters. The molecule has 0 saturated heterocycles. The van der Waals surface area contributed by atoms with Crippen LogP contribution >= 0.6 is 11.3 Å². The molecule has 0 aliphatic rings. The molecule has 0 aliphatic carbocycles. The van der Waals surface area contributed by atoms with E-state index < -0.39 is 0 Å². The van der Waals surface area contributed by atoms with Crippen LogP contribution in [0.25, 0.3) is 11.3 Å². The van der Waals surface area contributed by atoms with Crippen LogP contribution in [0, 0.1) is 6.92 Å². The molecule has 0 saturated carbocycles. The van der Waals surface area contributed by atoms with Crippen molar-refractivity contribution in [1.29, 1.82) is 0 Å². The Hall–Kier alpha value is -1.39. The topological polar surface area (TPSA) is 48.1 Å². The summed E-state index contributed by atoms with van der Waals surface area (Å²) in [5, 5.41) is 1.01. The quantitative estimate of drug-likeness (QED) is 0.916. The molecule has 2 rings (SSSR count). The maximum absolute atomic E-state index is 6.03. The van der Waals surface area contributed by atoms with Gasteiger partial charge in [0.25, 0.3) is 0 Å². The molecular weight excluding hydrogens is 244 g/mol. The Labute approximate surface area is 112 Å². The van der Waals surface area contributed by atoms with Crippen LogP contribution < -0.4 is 10.5 Å². The lowest BCUT2D eigenvalue weighted by Crippen LogP contribution is -2.07. The summed E-state index contributed by atoms with van der Waals surface area (Å²) in [4.78, 5) is 5.87. The Morgan fingerprint density at radius 2 is 2.00 bits per heavy atom. The number of aromatic nitrogens is 1. The zero-order valence-corrected chi connectivity index (χ0v) is 11.8.